The third-order valence-corrected chi connectivity index (χ3v) is 5.85. The summed E-state index contributed by atoms with van der Waals surface area (Å²) in [6.45, 7) is 0. The minimum atomic E-state index is -3.04. The molecule has 114 valence electrons. The number of carbonyl (C=O) groups is 1. The summed E-state index contributed by atoms with van der Waals surface area (Å²) in [6, 6.07) is 5.83. The molecule has 2 rings (SSSR count). The molecule has 0 unspecified atom stereocenters. The van der Waals surface area contributed by atoms with E-state index in [1.54, 1.807) is 18.2 Å². The van der Waals surface area contributed by atoms with Gasteiger partial charge >= 0.3 is 0 Å². The largest absolute Gasteiger partial charge is 0.352 e. The summed E-state index contributed by atoms with van der Waals surface area (Å²) in [5.74, 6) is -0.244. The van der Waals surface area contributed by atoms with E-state index in [0.29, 0.717) is 11.3 Å². The van der Waals surface area contributed by atoms with Crippen LogP contribution in [0.4, 0.5) is 5.69 Å². The SMILES string of the molecule is O=C(CSc1ccccc1[N+](=O)[O-])N[C@H]1CCS(=O)(=O)C1. The predicted octanol–water partition coefficient (Wildman–Crippen LogP) is 0.990. The number of benzene rings is 1. The first kappa shape index (κ1) is 15.8. The van der Waals surface area contributed by atoms with Crippen LogP contribution in [0.5, 0.6) is 0 Å². The smallest absolute Gasteiger partial charge is 0.282 e. The van der Waals surface area contributed by atoms with Crippen LogP contribution < -0.4 is 5.32 Å². The van der Waals surface area contributed by atoms with E-state index in [-0.39, 0.29) is 34.9 Å². The Hall–Kier alpha value is -1.61. The van der Waals surface area contributed by atoms with Crippen LogP contribution in [0.25, 0.3) is 0 Å². The highest BCUT2D eigenvalue weighted by Gasteiger charge is 2.28. The van der Waals surface area contributed by atoms with Gasteiger partial charge in [-0.25, -0.2) is 8.42 Å². The number of sulfone groups is 1. The quantitative estimate of drug-likeness (QED) is 0.490. The summed E-state index contributed by atoms with van der Waals surface area (Å²) >= 11 is 1.06. The third kappa shape index (κ3) is 4.43. The number of nitro groups is 1. The minimum Gasteiger partial charge on any atom is -0.352 e. The van der Waals surface area contributed by atoms with Crippen LogP contribution in [0.1, 0.15) is 6.42 Å². The molecule has 1 heterocycles. The van der Waals surface area contributed by atoms with Gasteiger partial charge in [-0.05, 0) is 12.5 Å². The molecule has 1 aromatic rings. The van der Waals surface area contributed by atoms with E-state index < -0.39 is 14.8 Å². The van der Waals surface area contributed by atoms with Crippen LogP contribution in [-0.2, 0) is 14.6 Å². The number of hydrogen-bond donors (Lipinski definition) is 1. The Balaban J connectivity index is 1.89. The molecule has 0 spiro atoms. The topological polar surface area (TPSA) is 106 Å². The van der Waals surface area contributed by atoms with Crippen LogP contribution in [0.15, 0.2) is 29.2 Å². The van der Waals surface area contributed by atoms with Gasteiger partial charge in [0.1, 0.15) is 0 Å². The summed E-state index contributed by atoms with van der Waals surface area (Å²) in [7, 11) is -3.04. The van der Waals surface area contributed by atoms with Gasteiger partial charge in [0.05, 0.1) is 27.1 Å². The van der Waals surface area contributed by atoms with E-state index in [9.17, 15) is 23.3 Å². The molecule has 1 aliphatic heterocycles. The van der Waals surface area contributed by atoms with Crippen molar-refractivity contribution >= 4 is 33.2 Å². The van der Waals surface area contributed by atoms with Crippen molar-refractivity contribution in [3.05, 3.63) is 34.4 Å². The van der Waals surface area contributed by atoms with Crippen molar-refractivity contribution in [1.29, 1.82) is 0 Å². The first-order valence-electron chi connectivity index (χ1n) is 6.23. The maximum absolute atomic E-state index is 11.8. The average molecular weight is 330 g/mol. The van der Waals surface area contributed by atoms with Gasteiger partial charge < -0.3 is 5.32 Å². The van der Waals surface area contributed by atoms with Crippen molar-refractivity contribution in [3.63, 3.8) is 0 Å². The second-order valence-corrected chi connectivity index (χ2v) is 7.93. The fourth-order valence-electron chi connectivity index (χ4n) is 2.05. The van der Waals surface area contributed by atoms with Gasteiger partial charge in [0.2, 0.25) is 5.91 Å². The number of carbonyl (C=O) groups excluding carboxylic acids is 1. The van der Waals surface area contributed by atoms with Gasteiger partial charge in [-0.2, -0.15) is 0 Å². The van der Waals surface area contributed by atoms with Crippen molar-refractivity contribution in [2.24, 2.45) is 0 Å². The second-order valence-electron chi connectivity index (χ2n) is 4.68. The summed E-state index contributed by atoms with van der Waals surface area (Å²) < 4.78 is 22.6. The molecule has 0 bridgehead atoms. The molecule has 21 heavy (non-hydrogen) atoms. The van der Waals surface area contributed by atoms with Crippen LogP contribution >= 0.6 is 11.8 Å². The first-order valence-corrected chi connectivity index (χ1v) is 9.04. The Bertz CT molecular complexity index is 659. The van der Waals surface area contributed by atoms with Gasteiger partial charge in [0.15, 0.2) is 9.84 Å². The van der Waals surface area contributed by atoms with Crippen molar-refractivity contribution in [3.8, 4) is 0 Å². The fourth-order valence-corrected chi connectivity index (χ4v) is 4.56. The maximum atomic E-state index is 11.8. The number of nitro benzene ring substituents is 1. The molecule has 1 atom stereocenters. The van der Waals surface area contributed by atoms with Gasteiger partial charge in [0, 0.05) is 12.1 Å². The molecule has 1 N–H and O–H groups in total. The molecule has 7 nitrogen and oxygen atoms in total. The van der Waals surface area contributed by atoms with Crippen LogP contribution in [0.2, 0.25) is 0 Å². The minimum absolute atomic E-state index is 0.0153. The predicted molar refractivity (Wildman–Crippen MR) is 79.0 cm³/mol. The summed E-state index contributed by atoms with van der Waals surface area (Å²) in [5.41, 5.74) is -0.0428. The van der Waals surface area contributed by atoms with E-state index in [1.807, 2.05) is 0 Å². The molecule has 1 fully saturated rings. The van der Waals surface area contributed by atoms with Crippen LogP contribution in [0.3, 0.4) is 0 Å². The highest BCUT2D eigenvalue weighted by atomic mass is 32.2. The number of hydrogen-bond acceptors (Lipinski definition) is 6. The average Bonchev–Trinajstić information content (AvgIpc) is 2.75. The second kappa shape index (κ2) is 6.44. The Morgan fingerprint density at radius 3 is 2.76 bits per heavy atom. The Labute approximate surface area is 126 Å². The Morgan fingerprint density at radius 1 is 1.43 bits per heavy atom. The highest BCUT2D eigenvalue weighted by molar-refractivity contribution is 8.00. The van der Waals surface area contributed by atoms with Gasteiger partial charge in [-0.3, -0.25) is 14.9 Å². The van der Waals surface area contributed by atoms with Gasteiger partial charge in [-0.15, -0.1) is 11.8 Å². The Morgan fingerprint density at radius 2 is 2.14 bits per heavy atom. The molecular formula is C12H14N2O5S2. The number of amides is 1. The van der Waals surface area contributed by atoms with Crippen molar-refractivity contribution in [2.45, 2.75) is 17.4 Å². The number of thioether (sulfide) groups is 1. The van der Waals surface area contributed by atoms with Crippen molar-refractivity contribution in [2.75, 3.05) is 17.3 Å². The monoisotopic (exact) mass is 330 g/mol. The van der Waals surface area contributed by atoms with E-state index in [1.165, 1.54) is 6.07 Å². The molecular weight excluding hydrogens is 316 g/mol. The summed E-state index contributed by atoms with van der Waals surface area (Å²) in [5, 5.41) is 13.5. The maximum Gasteiger partial charge on any atom is 0.282 e. The molecule has 0 radical (unpaired) electrons. The number of para-hydroxylation sites is 1. The number of rotatable bonds is 5. The lowest BCUT2D eigenvalue weighted by Crippen LogP contribution is -2.36. The van der Waals surface area contributed by atoms with E-state index in [0.717, 1.165) is 11.8 Å². The zero-order valence-electron chi connectivity index (χ0n) is 11.0. The van der Waals surface area contributed by atoms with Crippen LogP contribution in [0, 0.1) is 10.1 Å². The number of nitrogens with one attached hydrogen (secondary N) is 1. The van der Waals surface area contributed by atoms with E-state index in [2.05, 4.69) is 5.32 Å². The van der Waals surface area contributed by atoms with Crippen molar-refractivity contribution < 1.29 is 18.1 Å². The molecule has 0 aliphatic carbocycles. The zero-order valence-corrected chi connectivity index (χ0v) is 12.7. The lowest BCUT2D eigenvalue weighted by Gasteiger charge is -2.10. The fraction of sp³-hybridized carbons (Fsp3) is 0.417. The number of nitrogens with zero attached hydrogens (tertiary/aromatic N) is 1. The molecule has 1 amide bonds. The zero-order chi connectivity index (χ0) is 15.5. The summed E-state index contributed by atoms with van der Waals surface area (Å²) in [6.07, 6.45) is 0.421. The molecule has 1 aromatic carbocycles. The standard InChI is InChI=1S/C12H14N2O5S2/c15-12(13-9-5-6-21(18,19)8-9)7-20-11-4-2-1-3-10(11)14(16)17/h1-4,9H,5-8H2,(H,13,15)/t9-/m0/s1. The first-order chi connectivity index (χ1) is 9.87. The normalized spacial score (nSPS) is 20.1. The van der Waals surface area contributed by atoms with Gasteiger partial charge in [0.25, 0.3) is 5.69 Å². The van der Waals surface area contributed by atoms with E-state index in [4.69, 9.17) is 0 Å². The Kier molecular flexibility index (Phi) is 4.84. The molecule has 1 aliphatic rings. The highest BCUT2D eigenvalue weighted by Crippen LogP contribution is 2.28. The van der Waals surface area contributed by atoms with Gasteiger partial charge in [-0.1, -0.05) is 12.1 Å². The molecule has 0 saturated carbocycles. The van der Waals surface area contributed by atoms with Crippen molar-refractivity contribution in [1.82, 2.24) is 5.32 Å². The lowest BCUT2D eigenvalue weighted by molar-refractivity contribution is -0.387. The third-order valence-electron chi connectivity index (χ3n) is 3.02. The summed E-state index contributed by atoms with van der Waals surface area (Å²) in [4.78, 5) is 22.5. The molecule has 1 saturated heterocycles. The van der Waals surface area contributed by atoms with Crippen LogP contribution in [-0.4, -0.2) is 42.5 Å². The lowest BCUT2D eigenvalue weighted by atomic mass is 10.3. The molecule has 0 aromatic heterocycles. The van der Waals surface area contributed by atoms with E-state index >= 15 is 0 Å². The molecule has 9 heteroatoms.